The lowest BCUT2D eigenvalue weighted by molar-refractivity contribution is -0.135. The van der Waals surface area contributed by atoms with Crippen molar-refractivity contribution in [3.63, 3.8) is 0 Å². The minimum absolute atomic E-state index is 0.132. The van der Waals surface area contributed by atoms with Crippen molar-refractivity contribution in [3.05, 3.63) is 70.5 Å². The van der Waals surface area contributed by atoms with Crippen molar-refractivity contribution >= 4 is 12.3 Å². The van der Waals surface area contributed by atoms with Gasteiger partial charge in [-0.3, -0.25) is 9.59 Å². The zero-order valence-electron chi connectivity index (χ0n) is 19.1. The van der Waals surface area contributed by atoms with E-state index in [1.807, 2.05) is 11.8 Å². The number of carbonyl (C=O) groups excluding carboxylic acids is 2. The first-order chi connectivity index (χ1) is 14.8. The molecule has 1 saturated heterocycles. The van der Waals surface area contributed by atoms with Gasteiger partial charge >= 0.3 is 0 Å². The van der Waals surface area contributed by atoms with Gasteiger partial charge in [-0.2, -0.15) is 0 Å². The van der Waals surface area contributed by atoms with E-state index in [-0.39, 0.29) is 30.0 Å². The van der Waals surface area contributed by atoms with E-state index in [0.29, 0.717) is 5.92 Å². The summed E-state index contributed by atoms with van der Waals surface area (Å²) in [7, 11) is 0. The minimum atomic E-state index is -0.281. The van der Waals surface area contributed by atoms with E-state index in [9.17, 15) is 9.18 Å². The van der Waals surface area contributed by atoms with Gasteiger partial charge < -0.3 is 10.6 Å². The number of nitrogens with zero attached hydrogens (tertiary/aromatic N) is 1. The van der Waals surface area contributed by atoms with Gasteiger partial charge in [0.25, 0.3) is 0 Å². The molecule has 168 valence electrons. The van der Waals surface area contributed by atoms with Crippen LogP contribution in [0.25, 0.3) is 0 Å². The van der Waals surface area contributed by atoms with E-state index >= 15 is 0 Å². The number of carbonyl (C=O) groups is 2. The molecule has 3 rings (SSSR count). The average molecular weight is 427 g/mol. The van der Waals surface area contributed by atoms with Gasteiger partial charge in [-0.15, -0.1) is 0 Å². The summed E-state index contributed by atoms with van der Waals surface area (Å²) < 4.78 is 13.8. The van der Waals surface area contributed by atoms with Gasteiger partial charge in [-0.25, -0.2) is 4.39 Å². The summed E-state index contributed by atoms with van der Waals surface area (Å²) >= 11 is 0. The van der Waals surface area contributed by atoms with Crippen LogP contribution in [0.15, 0.2) is 42.5 Å². The minimum Gasteiger partial charge on any atom is -0.372 e. The molecule has 4 nitrogen and oxygen atoms in total. The average Bonchev–Trinajstić information content (AvgIpc) is 2.77. The molecule has 2 N–H and O–H groups in total. The third kappa shape index (κ3) is 6.39. The number of amides is 2. The summed E-state index contributed by atoms with van der Waals surface area (Å²) in [4.78, 5) is 23.9. The molecule has 5 heteroatoms. The number of rotatable bonds is 5. The van der Waals surface area contributed by atoms with E-state index in [1.165, 1.54) is 17.2 Å². The van der Waals surface area contributed by atoms with Gasteiger partial charge in [0, 0.05) is 13.1 Å². The molecule has 0 unspecified atom stereocenters. The zero-order valence-corrected chi connectivity index (χ0v) is 19.1. The van der Waals surface area contributed by atoms with Crippen molar-refractivity contribution < 1.29 is 14.0 Å². The second kappa shape index (κ2) is 11.6. The molecule has 1 aliphatic heterocycles. The maximum Gasteiger partial charge on any atom is 0.230 e. The second-order valence-corrected chi connectivity index (χ2v) is 8.55. The summed E-state index contributed by atoms with van der Waals surface area (Å²) in [6, 6.07) is 13.7. The molecule has 0 bridgehead atoms. The quantitative estimate of drug-likeness (QED) is 0.688. The zero-order chi connectivity index (χ0) is 23.0. The highest BCUT2D eigenvalue weighted by Gasteiger charge is 2.32. The number of hydrogen-bond donors (Lipinski definition) is 1. The number of benzene rings is 2. The fraction of sp³-hybridized carbons (Fsp3) is 0.462. The summed E-state index contributed by atoms with van der Waals surface area (Å²) in [6.07, 6.45) is 3.29. The van der Waals surface area contributed by atoms with Crippen LogP contribution in [0.3, 0.4) is 0 Å². The van der Waals surface area contributed by atoms with Crippen molar-refractivity contribution in [1.29, 1.82) is 0 Å². The number of aryl methyl sites for hydroxylation is 2. The molecule has 1 atom stereocenters. The van der Waals surface area contributed by atoms with Crippen molar-refractivity contribution in [2.24, 2.45) is 11.7 Å². The van der Waals surface area contributed by atoms with Crippen LogP contribution >= 0.6 is 0 Å². The van der Waals surface area contributed by atoms with Crippen LogP contribution < -0.4 is 5.73 Å². The molecule has 0 aliphatic carbocycles. The Morgan fingerprint density at radius 1 is 1.16 bits per heavy atom. The molecule has 1 aliphatic rings. The maximum absolute atomic E-state index is 13.8. The van der Waals surface area contributed by atoms with Crippen LogP contribution in [-0.2, 0) is 16.0 Å². The highest BCUT2D eigenvalue weighted by atomic mass is 19.1. The molecule has 1 heterocycles. The molecule has 2 amide bonds. The Morgan fingerprint density at radius 2 is 1.74 bits per heavy atom. The van der Waals surface area contributed by atoms with Gasteiger partial charge in [0.05, 0.1) is 5.92 Å². The standard InChI is InChI=1S/C25H32FNO.CH3NO/c1-5-19-7-9-20(10-8-19)21-12-14-27(15-13-21)25(28)24(17(2)3)23-16-22(26)11-6-18(23)4;2-1-3/h6-11,16-17,21,24H,5,12-15H2,1-4H3;1H,(H2,2,3)/t24-;/m0./s1. The number of likely N-dealkylation sites (tertiary alicyclic amines) is 1. The Balaban J connectivity index is 0.00000107. The second-order valence-electron chi connectivity index (χ2n) is 8.55. The first-order valence-corrected chi connectivity index (χ1v) is 11.1. The smallest absolute Gasteiger partial charge is 0.230 e. The fourth-order valence-electron chi connectivity index (χ4n) is 4.38. The largest absolute Gasteiger partial charge is 0.372 e. The molecule has 2 aromatic rings. The summed E-state index contributed by atoms with van der Waals surface area (Å²) in [5.41, 5.74) is 8.73. The van der Waals surface area contributed by atoms with Gasteiger partial charge in [0.2, 0.25) is 12.3 Å². The van der Waals surface area contributed by atoms with Gasteiger partial charge in [0.1, 0.15) is 5.82 Å². The van der Waals surface area contributed by atoms with Crippen molar-refractivity contribution in [3.8, 4) is 0 Å². The van der Waals surface area contributed by atoms with Crippen LogP contribution in [0.1, 0.15) is 67.7 Å². The molecule has 0 saturated carbocycles. The molecule has 2 aromatic carbocycles. The Kier molecular flexibility index (Phi) is 9.22. The molecule has 0 radical (unpaired) electrons. The van der Waals surface area contributed by atoms with Crippen LogP contribution in [-0.4, -0.2) is 30.3 Å². The molecule has 0 spiro atoms. The van der Waals surface area contributed by atoms with Crippen LogP contribution in [0.5, 0.6) is 0 Å². The highest BCUT2D eigenvalue weighted by molar-refractivity contribution is 5.84. The Morgan fingerprint density at radius 3 is 2.26 bits per heavy atom. The Labute approximate surface area is 185 Å². The summed E-state index contributed by atoms with van der Waals surface area (Å²) in [5.74, 6) is 0.239. The predicted octanol–water partition coefficient (Wildman–Crippen LogP) is 4.94. The van der Waals surface area contributed by atoms with Gasteiger partial charge in [-0.05, 0) is 72.4 Å². The van der Waals surface area contributed by atoms with Gasteiger partial charge in [-0.1, -0.05) is 51.1 Å². The number of hydrogen-bond acceptors (Lipinski definition) is 2. The number of piperidine rings is 1. The molecular weight excluding hydrogens is 391 g/mol. The molecular formula is C26H35FN2O2. The number of nitrogens with two attached hydrogens (primary N) is 1. The third-order valence-corrected chi connectivity index (χ3v) is 6.18. The molecule has 1 fully saturated rings. The first-order valence-electron chi connectivity index (χ1n) is 11.1. The topological polar surface area (TPSA) is 63.4 Å². The summed E-state index contributed by atoms with van der Waals surface area (Å²) in [6.45, 7) is 9.78. The van der Waals surface area contributed by atoms with Crippen molar-refractivity contribution in [1.82, 2.24) is 4.90 Å². The Hall–Kier alpha value is -2.69. The van der Waals surface area contributed by atoms with Crippen LogP contribution in [0, 0.1) is 18.7 Å². The number of primary amides is 1. The maximum atomic E-state index is 13.8. The lowest BCUT2D eigenvalue weighted by Crippen LogP contribution is -2.42. The van der Waals surface area contributed by atoms with Gasteiger partial charge in [0.15, 0.2) is 0 Å². The van der Waals surface area contributed by atoms with E-state index < -0.39 is 0 Å². The highest BCUT2D eigenvalue weighted by Crippen LogP contribution is 2.33. The summed E-state index contributed by atoms with van der Waals surface area (Å²) in [5, 5.41) is 0. The Bertz CT molecular complexity index is 856. The monoisotopic (exact) mass is 426 g/mol. The fourth-order valence-corrected chi connectivity index (χ4v) is 4.38. The number of halogens is 1. The van der Waals surface area contributed by atoms with Crippen molar-refractivity contribution in [2.45, 2.75) is 58.8 Å². The third-order valence-electron chi connectivity index (χ3n) is 6.18. The van der Waals surface area contributed by atoms with E-state index in [4.69, 9.17) is 4.79 Å². The predicted molar refractivity (Wildman–Crippen MR) is 123 cm³/mol. The van der Waals surface area contributed by atoms with Crippen LogP contribution in [0.2, 0.25) is 0 Å². The molecule has 0 aromatic heterocycles. The lowest BCUT2D eigenvalue weighted by atomic mass is 9.83. The van der Waals surface area contributed by atoms with E-state index in [1.54, 1.807) is 12.1 Å². The van der Waals surface area contributed by atoms with E-state index in [0.717, 1.165) is 43.5 Å². The lowest BCUT2D eigenvalue weighted by Gasteiger charge is -2.36. The van der Waals surface area contributed by atoms with E-state index in [2.05, 4.69) is 50.8 Å². The first kappa shape index (κ1) is 24.6. The van der Waals surface area contributed by atoms with Crippen molar-refractivity contribution in [2.75, 3.05) is 13.1 Å². The molecule has 31 heavy (non-hydrogen) atoms. The van der Waals surface area contributed by atoms with Crippen LogP contribution in [0.4, 0.5) is 4.39 Å². The normalized spacial score (nSPS) is 15.2. The SMILES string of the molecule is CCc1ccc(C2CCN(C(=O)[C@H](c3cc(F)ccc3C)C(C)C)CC2)cc1.NC=O.